The molecule has 0 atom stereocenters. The largest absolute Gasteiger partial charge is 0.495 e. The topological polar surface area (TPSA) is 91.5 Å². The molecule has 0 saturated carbocycles. The van der Waals surface area contributed by atoms with Crippen LogP contribution in [0.4, 0.5) is 26.3 Å². The number of hydrogen-bond donors (Lipinski definition) is 0. The summed E-state index contributed by atoms with van der Waals surface area (Å²) in [4.78, 5) is 22.9. The van der Waals surface area contributed by atoms with Crippen molar-refractivity contribution in [3.8, 4) is 22.9 Å². The summed E-state index contributed by atoms with van der Waals surface area (Å²) in [6, 6.07) is 0.356. The van der Waals surface area contributed by atoms with Gasteiger partial charge in [0.1, 0.15) is 5.75 Å². The highest BCUT2D eigenvalue weighted by atomic mass is 19.4. The van der Waals surface area contributed by atoms with Crippen LogP contribution < -0.4 is 15.0 Å². The number of alkyl halides is 6. The zero-order chi connectivity index (χ0) is 21.4. The van der Waals surface area contributed by atoms with Gasteiger partial charge in [-0.2, -0.15) is 36.0 Å². The number of aromatic nitrogens is 5. The molecule has 0 radical (unpaired) electrons. The Hall–Kier alpha value is -3.45. The van der Waals surface area contributed by atoms with Crippen molar-refractivity contribution in [3.05, 3.63) is 40.7 Å². The number of nitrogens with zero attached hydrogens (tertiary/aromatic N) is 5. The SMILES string of the molecule is COc1cnn2c(=O)c(-c3cnc(OCC(F)(F)F)nc3)c(C(F)(F)F)nc2c1. The van der Waals surface area contributed by atoms with E-state index >= 15 is 0 Å². The van der Waals surface area contributed by atoms with Crippen molar-refractivity contribution in [2.75, 3.05) is 13.7 Å². The lowest BCUT2D eigenvalue weighted by atomic mass is 10.1. The molecule has 0 unspecified atom stereocenters. The minimum absolute atomic E-state index is 0.0762. The van der Waals surface area contributed by atoms with Gasteiger partial charge in [-0.1, -0.05) is 0 Å². The van der Waals surface area contributed by atoms with Crippen LogP contribution in [-0.2, 0) is 6.18 Å². The Kier molecular flexibility index (Phi) is 5.02. The van der Waals surface area contributed by atoms with Crippen molar-refractivity contribution in [2.24, 2.45) is 0 Å². The second-order valence-corrected chi connectivity index (χ2v) is 5.46. The van der Waals surface area contributed by atoms with Crippen LogP contribution in [0.5, 0.6) is 11.8 Å². The highest BCUT2D eigenvalue weighted by Crippen LogP contribution is 2.34. The van der Waals surface area contributed by atoms with Crippen LogP contribution in [0.1, 0.15) is 5.69 Å². The Morgan fingerprint density at radius 3 is 2.28 bits per heavy atom. The molecular weight excluding hydrogens is 412 g/mol. The van der Waals surface area contributed by atoms with E-state index in [9.17, 15) is 31.1 Å². The van der Waals surface area contributed by atoms with Gasteiger partial charge in [0.2, 0.25) is 0 Å². The molecule has 3 heterocycles. The second kappa shape index (κ2) is 7.18. The van der Waals surface area contributed by atoms with Crippen LogP contribution in [0.25, 0.3) is 16.8 Å². The van der Waals surface area contributed by atoms with E-state index in [4.69, 9.17) is 4.74 Å². The van der Waals surface area contributed by atoms with Gasteiger partial charge in [-0.3, -0.25) is 4.79 Å². The van der Waals surface area contributed by atoms with Crippen molar-refractivity contribution in [2.45, 2.75) is 12.4 Å². The molecule has 3 aromatic heterocycles. The Morgan fingerprint density at radius 1 is 1.07 bits per heavy atom. The van der Waals surface area contributed by atoms with E-state index in [1.807, 2.05) is 0 Å². The van der Waals surface area contributed by atoms with E-state index in [-0.39, 0.29) is 5.75 Å². The minimum Gasteiger partial charge on any atom is -0.495 e. The van der Waals surface area contributed by atoms with Crippen LogP contribution in [0.2, 0.25) is 0 Å². The van der Waals surface area contributed by atoms with E-state index in [0.29, 0.717) is 4.52 Å². The van der Waals surface area contributed by atoms with Gasteiger partial charge in [0.05, 0.1) is 18.9 Å². The van der Waals surface area contributed by atoms with Crippen LogP contribution >= 0.6 is 0 Å². The van der Waals surface area contributed by atoms with Gasteiger partial charge in [-0.05, 0) is 0 Å². The molecule has 0 spiro atoms. The Bertz CT molecular complexity index is 1100. The minimum atomic E-state index is -5.03. The number of hydrogen-bond acceptors (Lipinski definition) is 7. The lowest BCUT2D eigenvalue weighted by Crippen LogP contribution is -2.25. The normalized spacial score (nSPS) is 12.2. The first-order valence-corrected chi connectivity index (χ1v) is 7.56. The molecule has 0 N–H and O–H groups in total. The summed E-state index contributed by atoms with van der Waals surface area (Å²) in [5.74, 6) is 0.0762. The number of halogens is 6. The van der Waals surface area contributed by atoms with Gasteiger partial charge in [0.15, 0.2) is 17.9 Å². The average Bonchev–Trinajstić information content (AvgIpc) is 2.65. The van der Waals surface area contributed by atoms with Crippen LogP contribution in [0.15, 0.2) is 29.5 Å². The summed E-state index contributed by atoms with van der Waals surface area (Å²) in [6.45, 7) is -1.69. The summed E-state index contributed by atoms with van der Waals surface area (Å²) in [5.41, 5.74) is -4.49. The van der Waals surface area contributed by atoms with E-state index in [1.54, 1.807) is 0 Å². The molecule has 0 aliphatic carbocycles. The lowest BCUT2D eigenvalue weighted by molar-refractivity contribution is -0.154. The maximum absolute atomic E-state index is 13.5. The molecule has 0 aliphatic heterocycles. The summed E-state index contributed by atoms with van der Waals surface area (Å²) < 4.78 is 86.7. The van der Waals surface area contributed by atoms with Crippen molar-refractivity contribution < 1.29 is 35.8 Å². The maximum Gasteiger partial charge on any atom is 0.434 e. The fraction of sp³-hybridized carbons (Fsp3) is 0.267. The molecular formula is C15H9F6N5O3. The van der Waals surface area contributed by atoms with Crippen molar-refractivity contribution in [1.29, 1.82) is 0 Å². The molecule has 0 aliphatic rings. The Balaban J connectivity index is 2.13. The first kappa shape index (κ1) is 20.3. The van der Waals surface area contributed by atoms with Crippen LogP contribution in [0.3, 0.4) is 0 Å². The predicted octanol–water partition coefficient (Wildman–Crippen LogP) is 2.52. The third-order valence-electron chi connectivity index (χ3n) is 3.44. The molecule has 0 bridgehead atoms. The van der Waals surface area contributed by atoms with Gasteiger partial charge in [-0.25, -0.2) is 15.0 Å². The first-order chi connectivity index (χ1) is 13.5. The number of methoxy groups -OCH3 is 1. The summed E-state index contributed by atoms with van der Waals surface area (Å²) in [5, 5.41) is 3.69. The molecule has 14 heteroatoms. The maximum atomic E-state index is 13.5. The third-order valence-corrected chi connectivity index (χ3v) is 3.44. The summed E-state index contributed by atoms with van der Waals surface area (Å²) in [6.07, 6.45) is -7.14. The molecule has 3 rings (SSSR count). The van der Waals surface area contributed by atoms with Gasteiger partial charge < -0.3 is 9.47 Å². The monoisotopic (exact) mass is 421 g/mol. The zero-order valence-electron chi connectivity index (χ0n) is 14.2. The molecule has 0 saturated heterocycles. The van der Waals surface area contributed by atoms with Gasteiger partial charge in [-0.15, -0.1) is 0 Å². The van der Waals surface area contributed by atoms with E-state index < -0.39 is 53.0 Å². The second-order valence-electron chi connectivity index (χ2n) is 5.46. The molecule has 3 aromatic rings. The zero-order valence-corrected chi connectivity index (χ0v) is 14.2. The van der Waals surface area contributed by atoms with E-state index in [1.165, 1.54) is 7.11 Å². The Labute approximate surface area is 156 Å². The lowest BCUT2D eigenvalue weighted by Gasteiger charge is -2.13. The fourth-order valence-electron chi connectivity index (χ4n) is 2.26. The Morgan fingerprint density at radius 2 is 1.72 bits per heavy atom. The molecule has 0 amide bonds. The number of fused-ring (bicyclic) bond motifs is 1. The molecule has 8 nitrogen and oxygen atoms in total. The van der Waals surface area contributed by atoms with Crippen molar-refractivity contribution in [3.63, 3.8) is 0 Å². The summed E-state index contributed by atoms with van der Waals surface area (Å²) >= 11 is 0. The van der Waals surface area contributed by atoms with Gasteiger partial charge in [0.25, 0.3) is 5.56 Å². The first-order valence-electron chi connectivity index (χ1n) is 7.56. The van der Waals surface area contributed by atoms with Crippen LogP contribution in [0, 0.1) is 0 Å². The van der Waals surface area contributed by atoms with Gasteiger partial charge in [0, 0.05) is 24.0 Å². The molecule has 0 fully saturated rings. The average molecular weight is 421 g/mol. The fourth-order valence-corrected chi connectivity index (χ4v) is 2.26. The smallest absolute Gasteiger partial charge is 0.434 e. The van der Waals surface area contributed by atoms with Crippen LogP contribution in [-0.4, -0.2) is 44.5 Å². The van der Waals surface area contributed by atoms with Crippen molar-refractivity contribution in [1.82, 2.24) is 24.6 Å². The van der Waals surface area contributed by atoms with E-state index in [2.05, 4.69) is 24.8 Å². The third kappa shape index (κ3) is 4.35. The standard InChI is InChI=1S/C15H9F6N5O3/c1-28-8-2-9-25-11(15(19,20)21)10(12(27)26(9)24-5-8)7-3-22-13(23-4-7)29-6-14(16,17)18/h2-5H,6H2,1H3. The predicted molar refractivity (Wildman–Crippen MR) is 83.4 cm³/mol. The number of rotatable bonds is 4. The number of ether oxygens (including phenoxy) is 2. The van der Waals surface area contributed by atoms with E-state index in [0.717, 1.165) is 24.7 Å². The summed E-state index contributed by atoms with van der Waals surface area (Å²) in [7, 11) is 1.25. The highest BCUT2D eigenvalue weighted by Gasteiger charge is 2.38. The molecule has 29 heavy (non-hydrogen) atoms. The highest BCUT2D eigenvalue weighted by molar-refractivity contribution is 5.66. The molecule has 0 aromatic carbocycles. The van der Waals surface area contributed by atoms with Crippen molar-refractivity contribution >= 4 is 5.65 Å². The molecule has 154 valence electrons. The van der Waals surface area contributed by atoms with Gasteiger partial charge >= 0.3 is 18.4 Å². The quantitative estimate of drug-likeness (QED) is 0.598.